The van der Waals surface area contributed by atoms with E-state index in [4.69, 9.17) is 25.8 Å². The molecular formula is C24H19Cl2NO4. The van der Waals surface area contributed by atoms with Crippen molar-refractivity contribution in [2.24, 2.45) is 0 Å². The van der Waals surface area contributed by atoms with Gasteiger partial charge in [0.2, 0.25) is 0 Å². The second-order valence-corrected chi connectivity index (χ2v) is 6.91. The van der Waals surface area contributed by atoms with Crippen molar-refractivity contribution in [3.63, 3.8) is 0 Å². The molecule has 0 aliphatic heterocycles. The van der Waals surface area contributed by atoms with Crippen LogP contribution in [0.3, 0.4) is 0 Å². The van der Waals surface area contributed by atoms with Gasteiger partial charge in [0.25, 0.3) is 0 Å². The molecule has 1 aromatic heterocycles. The summed E-state index contributed by atoms with van der Waals surface area (Å²) in [5, 5.41) is 1.18. The van der Waals surface area contributed by atoms with E-state index in [1.807, 2.05) is 18.2 Å². The Morgan fingerprint density at radius 2 is 1.55 bits per heavy atom. The first-order chi connectivity index (χ1) is 14.6. The number of carbonyl (C=O) groups excluding carboxylic acids is 1. The predicted octanol–water partition coefficient (Wildman–Crippen LogP) is 6.35. The van der Waals surface area contributed by atoms with Gasteiger partial charge in [-0.2, -0.15) is 0 Å². The topological polar surface area (TPSA) is 57.7 Å². The minimum absolute atomic E-state index is 0. The van der Waals surface area contributed by atoms with Crippen molar-refractivity contribution < 1.29 is 19.0 Å². The SMILES string of the molecule is COc1cc2nccc(Oc3ccc(Cl)cc3C(=O)c3ccccc3)c2cc1OC.Cl. The highest BCUT2D eigenvalue weighted by atomic mass is 35.5. The number of pyridine rings is 1. The number of carbonyl (C=O) groups is 1. The van der Waals surface area contributed by atoms with Crippen molar-refractivity contribution in [3.05, 3.63) is 89.1 Å². The Labute approximate surface area is 191 Å². The van der Waals surface area contributed by atoms with E-state index < -0.39 is 0 Å². The zero-order valence-electron chi connectivity index (χ0n) is 16.8. The molecule has 0 radical (unpaired) electrons. The molecule has 5 nitrogen and oxygen atoms in total. The molecular weight excluding hydrogens is 437 g/mol. The van der Waals surface area contributed by atoms with Crippen LogP contribution >= 0.6 is 24.0 Å². The maximum Gasteiger partial charge on any atom is 0.196 e. The molecule has 0 spiro atoms. The summed E-state index contributed by atoms with van der Waals surface area (Å²) < 4.78 is 16.9. The number of hydrogen-bond donors (Lipinski definition) is 0. The Hall–Kier alpha value is -3.28. The maximum absolute atomic E-state index is 13.1. The minimum atomic E-state index is -0.175. The summed E-state index contributed by atoms with van der Waals surface area (Å²) in [4.78, 5) is 17.5. The standard InChI is InChI=1S/C24H18ClNO4.ClH/c1-28-22-13-17-19(14-23(22)29-2)26-11-10-21(17)30-20-9-8-16(25)12-18(20)24(27)15-6-4-3-5-7-15;/h3-14H,1-2H3;1H. The van der Waals surface area contributed by atoms with E-state index in [0.29, 0.717) is 44.7 Å². The molecule has 0 saturated carbocycles. The summed E-state index contributed by atoms with van der Waals surface area (Å²) in [5.74, 6) is 1.88. The molecule has 0 fully saturated rings. The van der Waals surface area contributed by atoms with Gasteiger partial charge in [0.1, 0.15) is 11.5 Å². The zero-order chi connectivity index (χ0) is 21.1. The average Bonchev–Trinajstić information content (AvgIpc) is 2.79. The summed E-state index contributed by atoms with van der Waals surface area (Å²) in [6, 6.07) is 19.3. The predicted molar refractivity (Wildman–Crippen MR) is 123 cm³/mol. The van der Waals surface area contributed by atoms with Crippen LogP contribution in [0.2, 0.25) is 5.02 Å². The van der Waals surface area contributed by atoms with Gasteiger partial charge in [-0.25, -0.2) is 0 Å². The van der Waals surface area contributed by atoms with E-state index in [-0.39, 0.29) is 18.2 Å². The van der Waals surface area contributed by atoms with E-state index in [0.717, 1.165) is 5.39 Å². The molecule has 4 rings (SSSR count). The van der Waals surface area contributed by atoms with Crippen molar-refractivity contribution >= 4 is 40.7 Å². The summed E-state index contributed by atoms with van der Waals surface area (Å²) in [7, 11) is 3.13. The number of fused-ring (bicyclic) bond motifs is 1. The second-order valence-electron chi connectivity index (χ2n) is 6.47. The van der Waals surface area contributed by atoms with Gasteiger partial charge in [0.15, 0.2) is 17.3 Å². The molecule has 0 aliphatic carbocycles. The first-order valence-corrected chi connectivity index (χ1v) is 9.56. The largest absolute Gasteiger partial charge is 0.493 e. The Bertz CT molecular complexity index is 1230. The lowest BCUT2D eigenvalue weighted by Crippen LogP contribution is -2.04. The van der Waals surface area contributed by atoms with Crippen molar-refractivity contribution in [1.82, 2.24) is 4.98 Å². The van der Waals surface area contributed by atoms with Crippen LogP contribution in [0.25, 0.3) is 10.9 Å². The third-order valence-electron chi connectivity index (χ3n) is 4.65. The Morgan fingerprint density at radius 1 is 0.839 bits per heavy atom. The molecule has 0 bridgehead atoms. The summed E-state index contributed by atoms with van der Waals surface area (Å²) >= 11 is 6.17. The van der Waals surface area contributed by atoms with Gasteiger partial charge in [-0.1, -0.05) is 41.9 Å². The molecule has 1 heterocycles. The average molecular weight is 456 g/mol. The van der Waals surface area contributed by atoms with Crippen molar-refractivity contribution in [2.45, 2.75) is 0 Å². The molecule has 0 unspecified atom stereocenters. The zero-order valence-corrected chi connectivity index (χ0v) is 18.4. The van der Waals surface area contributed by atoms with Crippen molar-refractivity contribution in [1.29, 1.82) is 0 Å². The molecule has 3 aromatic carbocycles. The molecule has 0 saturated heterocycles. The van der Waals surface area contributed by atoms with Gasteiger partial charge in [0.05, 0.1) is 25.3 Å². The third-order valence-corrected chi connectivity index (χ3v) is 4.88. The molecule has 31 heavy (non-hydrogen) atoms. The quantitative estimate of drug-likeness (QED) is 0.317. The fourth-order valence-corrected chi connectivity index (χ4v) is 3.34. The summed E-state index contributed by atoms with van der Waals surface area (Å²) in [5.41, 5.74) is 1.60. The first-order valence-electron chi connectivity index (χ1n) is 9.18. The summed E-state index contributed by atoms with van der Waals surface area (Å²) in [6.07, 6.45) is 1.64. The van der Waals surface area contributed by atoms with Gasteiger partial charge in [-0.3, -0.25) is 9.78 Å². The number of nitrogens with zero attached hydrogens (tertiary/aromatic N) is 1. The van der Waals surface area contributed by atoms with Crippen LogP contribution in [0.5, 0.6) is 23.0 Å². The molecule has 0 aliphatic rings. The number of ether oxygens (including phenoxy) is 3. The van der Waals surface area contributed by atoms with Crippen LogP contribution in [0.1, 0.15) is 15.9 Å². The number of halogens is 2. The number of aromatic nitrogens is 1. The van der Waals surface area contributed by atoms with Crippen LogP contribution in [-0.2, 0) is 0 Å². The number of benzene rings is 3. The van der Waals surface area contributed by atoms with Crippen LogP contribution in [-0.4, -0.2) is 25.0 Å². The van der Waals surface area contributed by atoms with Crippen molar-refractivity contribution in [3.8, 4) is 23.0 Å². The first kappa shape index (κ1) is 22.4. The van der Waals surface area contributed by atoms with Crippen LogP contribution < -0.4 is 14.2 Å². The Balaban J connectivity index is 0.00000272. The second kappa shape index (κ2) is 9.69. The lowest BCUT2D eigenvalue weighted by atomic mass is 10.0. The number of hydrogen-bond acceptors (Lipinski definition) is 5. The number of ketones is 1. The lowest BCUT2D eigenvalue weighted by Gasteiger charge is -2.14. The third kappa shape index (κ3) is 4.58. The number of rotatable bonds is 6. The van der Waals surface area contributed by atoms with E-state index >= 15 is 0 Å². The molecule has 0 amide bonds. The lowest BCUT2D eigenvalue weighted by molar-refractivity contribution is 0.103. The van der Waals surface area contributed by atoms with Gasteiger partial charge in [0, 0.05) is 28.2 Å². The van der Waals surface area contributed by atoms with Crippen LogP contribution in [0.4, 0.5) is 0 Å². The van der Waals surface area contributed by atoms with E-state index in [1.54, 1.807) is 68.9 Å². The molecule has 4 aromatic rings. The summed E-state index contributed by atoms with van der Waals surface area (Å²) in [6.45, 7) is 0. The van der Waals surface area contributed by atoms with E-state index in [2.05, 4.69) is 4.98 Å². The molecule has 0 atom stereocenters. The van der Waals surface area contributed by atoms with Crippen LogP contribution in [0.15, 0.2) is 72.9 Å². The van der Waals surface area contributed by atoms with Gasteiger partial charge in [-0.15, -0.1) is 12.4 Å². The van der Waals surface area contributed by atoms with Crippen molar-refractivity contribution in [2.75, 3.05) is 14.2 Å². The van der Waals surface area contributed by atoms with Gasteiger partial charge >= 0.3 is 0 Å². The minimum Gasteiger partial charge on any atom is -0.493 e. The smallest absolute Gasteiger partial charge is 0.196 e. The van der Waals surface area contributed by atoms with Gasteiger partial charge in [-0.05, 0) is 30.3 Å². The Morgan fingerprint density at radius 3 is 2.26 bits per heavy atom. The highest BCUT2D eigenvalue weighted by molar-refractivity contribution is 6.31. The Kier molecular flexibility index (Phi) is 7.00. The highest BCUT2D eigenvalue weighted by Crippen LogP contribution is 2.38. The molecule has 7 heteroatoms. The van der Waals surface area contributed by atoms with E-state index in [9.17, 15) is 4.79 Å². The monoisotopic (exact) mass is 455 g/mol. The van der Waals surface area contributed by atoms with Crippen LogP contribution in [0, 0.1) is 0 Å². The van der Waals surface area contributed by atoms with E-state index in [1.165, 1.54) is 0 Å². The normalized spacial score (nSPS) is 10.3. The van der Waals surface area contributed by atoms with Gasteiger partial charge < -0.3 is 14.2 Å². The molecule has 158 valence electrons. The maximum atomic E-state index is 13.1. The fourth-order valence-electron chi connectivity index (χ4n) is 3.17. The fraction of sp³-hybridized carbons (Fsp3) is 0.0833. The molecule has 0 N–H and O–H groups in total. The number of methoxy groups -OCH3 is 2. The highest BCUT2D eigenvalue weighted by Gasteiger charge is 2.18.